The fourth-order valence-electron chi connectivity index (χ4n) is 0. The van der Waals surface area contributed by atoms with Crippen LogP contribution >= 0.6 is 0 Å². The van der Waals surface area contributed by atoms with E-state index < -0.39 is 5.97 Å². The lowest BCUT2D eigenvalue weighted by Crippen LogP contribution is -2.17. The Morgan fingerprint density at radius 3 is 1.86 bits per heavy atom. The van der Waals surface area contributed by atoms with Crippen LogP contribution in [0.3, 0.4) is 0 Å². The van der Waals surface area contributed by atoms with Crippen molar-refractivity contribution in [2.24, 2.45) is 0 Å². The SMILES string of the molecule is C=CC(=O)[O-].CC. The maximum Gasteiger partial charge on any atom is 0.0636 e. The lowest BCUT2D eigenvalue weighted by atomic mass is 10.7. The van der Waals surface area contributed by atoms with Crippen LogP contribution in [-0.4, -0.2) is 5.97 Å². The van der Waals surface area contributed by atoms with Crippen LogP contribution in [0.15, 0.2) is 12.7 Å². The van der Waals surface area contributed by atoms with Gasteiger partial charge in [-0.25, -0.2) is 0 Å². The standard InChI is InChI=1S/C3H4O2.C2H6/c1-2-3(4)5;1-2/h2H,1H2,(H,4,5);1-2H3/p-1. The molecule has 7 heavy (non-hydrogen) atoms. The third-order valence-corrected chi connectivity index (χ3v) is 0.167. The molecule has 0 amide bonds. The number of carboxylic acid groups (broad SMARTS) is 1. The largest absolute Gasteiger partial charge is 0.545 e. The van der Waals surface area contributed by atoms with E-state index in [9.17, 15) is 0 Å². The van der Waals surface area contributed by atoms with Gasteiger partial charge in [-0.15, -0.1) is 0 Å². The molecule has 0 aliphatic rings. The Morgan fingerprint density at radius 2 is 1.86 bits per heavy atom. The second kappa shape index (κ2) is 8.96. The van der Waals surface area contributed by atoms with Gasteiger partial charge in [0.1, 0.15) is 0 Å². The molecule has 0 atom stereocenters. The third kappa shape index (κ3) is 36.7. The van der Waals surface area contributed by atoms with Gasteiger partial charge in [0.15, 0.2) is 0 Å². The lowest BCUT2D eigenvalue weighted by molar-refractivity contribution is -0.297. The van der Waals surface area contributed by atoms with Crippen molar-refractivity contribution < 1.29 is 9.90 Å². The Hall–Kier alpha value is -0.790. The maximum atomic E-state index is 9.14. The first-order valence-corrected chi connectivity index (χ1v) is 2.11. The lowest BCUT2D eigenvalue weighted by Gasteiger charge is -1.81. The van der Waals surface area contributed by atoms with Gasteiger partial charge in [0.05, 0.1) is 5.97 Å². The van der Waals surface area contributed by atoms with Crippen LogP contribution in [0.25, 0.3) is 0 Å². The van der Waals surface area contributed by atoms with E-state index in [1.807, 2.05) is 13.8 Å². The van der Waals surface area contributed by atoms with Gasteiger partial charge in [0, 0.05) is 0 Å². The molecular formula is C5H9O2-. The molecule has 0 aliphatic carbocycles. The highest BCUT2D eigenvalue weighted by Crippen LogP contribution is 1.47. The van der Waals surface area contributed by atoms with Gasteiger partial charge in [-0.1, -0.05) is 20.4 Å². The average molecular weight is 101 g/mol. The quantitative estimate of drug-likeness (QED) is 0.434. The normalized spacial score (nSPS) is 5.43. The van der Waals surface area contributed by atoms with Crippen molar-refractivity contribution in [3.05, 3.63) is 12.7 Å². The average Bonchev–Trinajstić information content (AvgIpc) is 1.73. The first kappa shape index (κ1) is 9.51. The third-order valence-electron chi connectivity index (χ3n) is 0.167. The molecule has 0 N–H and O–H groups in total. The van der Waals surface area contributed by atoms with Crippen LogP contribution in [0.4, 0.5) is 0 Å². The van der Waals surface area contributed by atoms with Gasteiger partial charge in [-0.2, -0.15) is 0 Å². The highest BCUT2D eigenvalue weighted by atomic mass is 16.4. The number of carbonyl (C=O) groups is 1. The molecule has 0 fully saturated rings. The van der Waals surface area contributed by atoms with Crippen molar-refractivity contribution in [2.75, 3.05) is 0 Å². The summed E-state index contributed by atoms with van der Waals surface area (Å²) in [6.07, 6.45) is 0.722. The van der Waals surface area contributed by atoms with Crippen molar-refractivity contribution in [1.29, 1.82) is 0 Å². The molecule has 0 aromatic carbocycles. The van der Waals surface area contributed by atoms with Crippen molar-refractivity contribution >= 4 is 5.97 Å². The summed E-state index contributed by atoms with van der Waals surface area (Å²) < 4.78 is 0. The van der Waals surface area contributed by atoms with Crippen molar-refractivity contribution in [3.63, 3.8) is 0 Å². The zero-order valence-corrected chi connectivity index (χ0v) is 4.60. The molecule has 0 unspecified atom stereocenters. The zero-order chi connectivity index (χ0) is 6.28. The van der Waals surface area contributed by atoms with E-state index in [1.165, 1.54) is 0 Å². The second-order valence-electron chi connectivity index (χ2n) is 0.523. The van der Waals surface area contributed by atoms with Gasteiger partial charge in [0.25, 0.3) is 0 Å². The summed E-state index contributed by atoms with van der Waals surface area (Å²) in [4.78, 5) is 9.14. The first-order chi connectivity index (χ1) is 3.27. The number of aliphatic carboxylic acids is 1. The summed E-state index contributed by atoms with van der Waals surface area (Å²) in [5.41, 5.74) is 0. The topological polar surface area (TPSA) is 40.1 Å². The molecule has 2 nitrogen and oxygen atoms in total. The number of carboxylic acids is 1. The fraction of sp³-hybridized carbons (Fsp3) is 0.400. The van der Waals surface area contributed by atoms with Gasteiger partial charge >= 0.3 is 0 Å². The minimum absolute atomic E-state index is 0.722. The van der Waals surface area contributed by atoms with Crippen LogP contribution < -0.4 is 5.11 Å². The van der Waals surface area contributed by atoms with Crippen LogP contribution in [0.2, 0.25) is 0 Å². The predicted molar refractivity (Wildman–Crippen MR) is 26.6 cm³/mol. The molecule has 0 aliphatic heterocycles. The minimum Gasteiger partial charge on any atom is -0.545 e. The molecule has 0 aromatic heterocycles. The summed E-state index contributed by atoms with van der Waals surface area (Å²) in [6, 6.07) is 0. The Labute approximate surface area is 43.5 Å². The van der Waals surface area contributed by atoms with Gasteiger partial charge in [-0.05, 0) is 6.08 Å². The monoisotopic (exact) mass is 101 g/mol. The van der Waals surface area contributed by atoms with Crippen LogP contribution in [0.5, 0.6) is 0 Å². The maximum absolute atomic E-state index is 9.14. The van der Waals surface area contributed by atoms with Crippen LogP contribution in [0.1, 0.15) is 13.8 Å². The Kier molecular flexibility index (Phi) is 12.2. The second-order valence-corrected chi connectivity index (χ2v) is 0.523. The molecule has 0 heterocycles. The van der Waals surface area contributed by atoms with Crippen LogP contribution in [-0.2, 0) is 4.79 Å². The molecule has 0 saturated heterocycles. The summed E-state index contributed by atoms with van der Waals surface area (Å²) in [6.45, 7) is 6.90. The Bertz CT molecular complexity index is 57.1. The summed E-state index contributed by atoms with van der Waals surface area (Å²) in [5.74, 6) is -1.23. The molecule has 0 aromatic rings. The first-order valence-electron chi connectivity index (χ1n) is 2.11. The van der Waals surface area contributed by atoms with Gasteiger partial charge in [0.2, 0.25) is 0 Å². The molecule has 0 rings (SSSR count). The Morgan fingerprint density at radius 1 is 1.71 bits per heavy atom. The summed E-state index contributed by atoms with van der Waals surface area (Å²) >= 11 is 0. The summed E-state index contributed by atoms with van der Waals surface area (Å²) in [5, 5.41) is 9.14. The van der Waals surface area contributed by atoms with E-state index in [-0.39, 0.29) is 0 Å². The van der Waals surface area contributed by atoms with Crippen LogP contribution in [0, 0.1) is 0 Å². The number of rotatable bonds is 1. The molecule has 0 radical (unpaired) electrons. The van der Waals surface area contributed by atoms with E-state index in [0.717, 1.165) is 6.08 Å². The molecule has 0 spiro atoms. The number of hydrogen-bond donors (Lipinski definition) is 0. The number of carbonyl (C=O) groups excluding carboxylic acids is 1. The Balaban J connectivity index is 0. The highest BCUT2D eigenvalue weighted by Gasteiger charge is 1.55. The summed E-state index contributed by atoms with van der Waals surface area (Å²) in [7, 11) is 0. The molecule has 0 bridgehead atoms. The fourth-order valence-corrected chi connectivity index (χ4v) is 0. The number of hydrogen-bond acceptors (Lipinski definition) is 2. The smallest absolute Gasteiger partial charge is 0.0636 e. The van der Waals surface area contributed by atoms with E-state index >= 15 is 0 Å². The minimum atomic E-state index is -1.23. The van der Waals surface area contributed by atoms with E-state index in [1.54, 1.807) is 0 Å². The highest BCUT2D eigenvalue weighted by molar-refractivity contribution is 5.76. The van der Waals surface area contributed by atoms with Crippen molar-refractivity contribution in [2.45, 2.75) is 13.8 Å². The zero-order valence-electron chi connectivity index (χ0n) is 4.60. The van der Waals surface area contributed by atoms with Crippen molar-refractivity contribution in [1.82, 2.24) is 0 Å². The molecule has 2 heteroatoms. The molecule has 0 saturated carbocycles. The molecular weight excluding hydrogens is 92.1 g/mol. The van der Waals surface area contributed by atoms with Crippen molar-refractivity contribution in [3.8, 4) is 0 Å². The predicted octanol–water partition coefficient (Wildman–Crippen LogP) is -0.0515. The van der Waals surface area contributed by atoms with E-state index in [2.05, 4.69) is 6.58 Å². The molecule has 42 valence electrons. The van der Waals surface area contributed by atoms with Gasteiger partial charge < -0.3 is 9.90 Å². The van der Waals surface area contributed by atoms with E-state index in [0.29, 0.717) is 0 Å². The van der Waals surface area contributed by atoms with E-state index in [4.69, 9.17) is 9.90 Å². The van der Waals surface area contributed by atoms with Gasteiger partial charge in [-0.3, -0.25) is 0 Å².